The molecule has 0 bridgehead atoms. The first-order chi connectivity index (χ1) is 13.2. The van der Waals surface area contributed by atoms with E-state index in [1.807, 2.05) is 0 Å². The Labute approximate surface area is 164 Å². The summed E-state index contributed by atoms with van der Waals surface area (Å²) < 4.78 is 11.3. The van der Waals surface area contributed by atoms with Gasteiger partial charge in [0.05, 0.1) is 26.4 Å². The largest absolute Gasteiger partial charge is 0.493 e. The van der Waals surface area contributed by atoms with Crippen molar-refractivity contribution in [3.05, 3.63) is 29.3 Å². The third-order valence-electron chi connectivity index (χ3n) is 4.71. The summed E-state index contributed by atoms with van der Waals surface area (Å²) in [6.45, 7) is 11.2. The predicted molar refractivity (Wildman–Crippen MR) is 111 cm³/mol. The number of morpholine rings is 1. The second-order valence-corrected chi connectivity index (χ2v) is 7.10. The zero-order valence-electron chi connectivity index (χ0n) is 17.0. The fourth-order valence-electron chi connectivity index (χ4n) is 3.03. The highest BCUT2D eigenvalue weighted by Crippen LogP contribution is 2.21. The van der Waals surface area contributed by atoms with E-state index >= 15 is 0 Å². The zero-order chi connectivity index (χ0) is 19.3. The van der Waals surface area contributed by atoms with Gasteiger partial charge < -0.3 is 20.5 Å². The van der Waals surface area contributed by atoms with Crippen LogP contribution in [0.4, 0.5) is 0 Å². The fraction of sp³-hybridized carbons (Fsp3) is 0.667. The van der Waals surface area contributed by atoms with Crippen LogP contribution in [-0.2, 0) is 11.3 Å². The maximum absolute atomic E-state index is 6.02. The summed E-state index contributed by atoms with van der Waals surface area (Å²) in [5.74, 6) is 1.42. The van der Waals surface area contributed by atoms with Gasteiger partial charge in [0.2, 0.25) is 0 Å². The Morgan fingerprint density at radius 3 is 2.85 bits per heavy atom. The molecular weight excluding hydrogens is 340 g/mol. The third kappa shape index (κ3) is 8.63. The number of guanidine groups is 1. The third-order valence-corrected chi connectivity index (χ3v) is 4.71. The first-order valence-corrected chi connectivity index (χ1v) is 10.2. The van der Waals surface area contributed by atoms with Crippen molar-refractivity contribution < 1.29 is 9.47 Å². The Hall–Kier alpha value is -1.79. The van der Waals surface area contributed by atoms with Gasteiger partial charge in [0.1, 0.15) is 5.75 Å². The smallest absolute Gasteiger partial charge is 0.188 e. The van der Waals surface area contributed by atoms with Crippen LogP contribution in [0.15, 0.2) is 23.2 Å². The van der Waals surface area contributed by atoms with Crippen molar-refractivity contribution in [1.82, 2.24) is 10.2 Å². The maximum atomic E-state index is 6.02. The summed E-state index contributed by atoms with van der Waals surface area (Å²) in [6.07, 6.45) is 4.52. The molecule has 0 atom stereocenters. The van der Waals surface area contributed by atoms with Crippen LogP contribution in [0.1, 0.15) is 43.7 Å². The van der Waals surface area contributed by atoms with E-state index in [0.29, 0.717) is 12.5 Å². The van der Waals surface area contributed by atoms with Gasteiger partial charge in [0.15, 0.2) is 5.96 Å². The molecule has 1 heterocycles. The van der Waals surface area contributed by atoms with Gasteiger partial charge in [-0.25, -0.2) is 4.99 Å². The normalized spacial score (nSPS) is 15.7. The quantitative estimate of drug-likeness (QED) is 0.353. The lowest BCUT2D eigenvalue weighted by atomic mass is 10.1. The van der Waals surface area contributed by atoms with Crippen LogP contribution in [0.25, 0.3) is 0 Å². The standard InChI is InChI=1S/C21H36N4O2/c1-3-4-5-13-27-20-16-18(2)7-8-19(20)17-24-21(22)23-9-6-10-25-11-14-26-15-12-25/h7-8,16H,3-6,9-15,17H2,1-2H3,(H3,22,23,24). The predicted octanol–water partition coefficient (Wildman–Crippen LogP) is 2.69. The Morgan fingerprint density at radius 1 is 1.26 bits per heavy atom. The molecule has 3 N–H and O–H groups in total. The number of nitrogens with one attached hydrogen (secondary N) is 1. The van der Waals surface area contributed by atoms with Gasteiger partial charge in [-0.1, -0.05) is 31.9 Å². The van der Waals surface area contributed by atoms with Crippen molar-refractivity contribution >= 4 is 5.96 Å². The number of hydrogen-bond donors (Lipinski definition) is 2. The van der Waals surface area contributed by atoms with Crippen molar-refractivity contribution in [2.75, 3.05) is 46.0 Å². The average molecular weight is 377 g/mol. The molecular formula is C21H36N4O2. The summed E-state index contributed by atoms with van der Waals surface area (Å²) in [7, 11) is 0. The highest BCUT2D eigenvalue weighted by molar-refractivity contribution is 5.77. The van der Waals surface area contributed by atoms with Crippen molar-refractivity contribution in [3.8, 4) is 5.75 Å². The van der Waals surface area contributed by atoms with Gasteiger partial charge in [0, 0.05) is 25.2 Å². The molecule has 0 unspecified atom stereocenters. The average Bonchev–Trinajstić information content (AvgIpc) is 2.69. The van der Waals surface area contributed by atoms with Crippen LogP contribution < -0.4 is 15.8 Å². The molecule has 1 aromatic carbocycles. The van der Waals surface area contributed by atoms with Crippen molar-refractivity contribution in [2.24, 2.45) is 10.7 Å². The number of unbranched alkanes of at least 4 members (excludes halogenated alkanes) is 2. The van der Waals surface area contributed by atoms with Gasteiger partial charge in [0.25, 0.3) is 0 Å². The maximum Gasteiger partial charge on any atom is 0.188 e. The zero-order valence-corrected chi connectivity index (χ0v) is 17.0. The minimum absolute atomic E-state index is 0.495. The number of rotatable bonds is 11. The van der Waals surface area contributed by atoms with Crippen molar-refractivity contribution in [2.45, 2.75) is 46.1 Å². The molecule has 1 aliphatic heterocycles. The topological polar surface area (TPSA) is 72.1 Å². The molecule has 0 spiro atoms. The van der Waals surface area contributed by atoms with E-state index in [2.05, 4.69) is 47.3 Å². The Kier molecular flexibility index (Phi) is 10.0. The van der Waals surface area contributed by atoms with E-state index in [9.17, 15) is 0 Å². The van der Waals surface area contributed by atoms with Gasteiger partial charge in [-0.15, -0.1) is 0 Å². The molecule has 2 rings (SSSR count). The SMILES string of the molecule is CCCCCOc1cc(C)ccc1CN=C(N)NCCCN1CCOCC1. The highest BCUT2D eigenvalue weighted by atomic mass is 16.5. The van der Waals surface area contributed by atoms with E-state index in [0.717, 1.165) is 70.2 Å². The van der Waals surface area contributed by atoms with E-state index in [1.165, 1.54) is 18.4 Å². The minimum Gasteiger partial charge on any atom is -0.493 e. The van der Waals surface area contributed by atoms with Crippen LogP contribution in [0.3, 0.4) is 0 Å². The summed E-state index contributed by atoms with van der Waals surface area (Å²) in [6, 6.07) is 6.26. The molecule has 1 fully saturated rings. The number of ether oxygens (including phenoxy) is 2. The summed E-state index contributed by atoms with van der Waals surface area (Å²) >= 11 is 0. The monoisotopic (exact) mass is 376 g/mol. The molecule has 6 heteroatoms. The van der Waals surface area contributed by atoms with Crippen LogP contribution >= 0.6 is 0 Å². The van der Waals surface area contributed by atoms with Gasteiger partial charge in [-0.05, 0) is 37.9 Å². The summed E-state index contributed by atoms with van der Waals surface area (Å²) in [5, 5.41) is 3.21. The van der Waals surface area contributed by atoms with E-state index in [4.69, 9.17) is 15.2 Å². The highest BCUT2D eigenvalue weighted by Gasteiger charge is 2.09. The van der Waals surface area contributed by atoms with Gasteiger partial charge in [-0.2, -0.15) is 0 Å². The molecule has 1 aromatic rings. The molecule has 27 heavy (non-hydrogen) atoms. The lowest BCUT2D eigenvalue weighted by molar-refractivity contribution is 0.0376. The molecule has 0 radical (unpaired) electrons. The Balaban J connectivity index is 1.74. The first-order valence-electron chi connectivity index (χ1n) is 10.2. The molecule has 0 saturated carbocycles. The van der Waals surface area contributed by atoms with Gasteiger partial charge in [-0.3, -0.25) is 4.90 Å². The van der Waals surface area contributed by atoms with Crippen LogP contribution in [0.5, 0.6) is 5.75 Å². The molecule has 6 nitrogen and oxygen atoms in total. The molecule has 0 amide bonds. The van der Waals surface area contributed by atoms with E-state index in [-0.39, 0.29) is 0 Å². The van der Waals surface area contributed by atoms with E-state index < -0.39 is 0 Å². The number of nitrogens with two attached hydrogens (primary N) is 1. The van der Waals surface area contributed by atoms with E-state index in [1.54, 1.807) is 0 Å². The number of benzene rings is 1. The van der Waals surface area contributed by atoms with Crippen LogP contribution in [-0.4, -0.2) is 56.9 Å². The Morgan fingerprint density at radius 2 is 2.07 bits per heavy atom. The van der Waals surface area contributed by atoms with Crippen LogP contribution in [0, 0.1) is 6.92 Å². The van der Waals surface area contributed by atoms with Crippen molar-refractivity contribution in [1.29, 1.82) is 0 Å². The second kappa shape index (κ2) is 12.6. The number of hydrogen-bond acceptors (Lipinski definition) is 4. The number of nitrogens with zero attached hydrogens (tertiary/aromatic N) is 2. The molecule has 1 aliphatic rings. The Bertz CT molecular complexity index is 571. The summed E-state index contributed by atoms with van der Waals surface area (Å²) in [4.78, 5) is 6.91. The van der Waals surface area contributed by atoms with Gasteiger partial charge >= 0.3 is 0 Å². The number of aryl methyl sites for hydroxylation is 1. The molecule has 0 aromatic heterocycles. The lowest BCUT2D eigenvalue weighted by Gasteiger charge is -2.26. The molecule has 152 valence electrons. The molecule has 0 aliphatic carbocycles. The summed E-state index contributed by atoms with van der Waals surface area (Å²) in [5.41, 5.74) is 8.30. The lowest BCUT2D eigenvalue weighted by Crippen LogP contribution is -2.39. The fourth-order valence-corrected chi connectivity index (χ4v) is 3.03. The second-order valence-electron chi connectivity index (χ2n) is 7.10. The minimum atomic E-state index is 0.495. The van der Waals surface area contributed by atoms with Crippen LogP contribution in [0.2, 0.25) is 0 Å². The first kappa shape index (κ1) is 21.5. The van der Waals surface area contributed by atoms with Crippen molar-refractivity contribution in [3.63, 3.8) is 0 Å². The molecule has 1 saturated heterocycles. The number of aliphatic imine (C=N–C) groups is 1.